The van der Waals surface area contributed by atoms with Crippen molar-refractivity contribution in [3.8, 4) is 11.5 Å². The second-order valence-electron chi connectivity index (χ2n) is 7.23. The van der Waals surface area contributed by atoms with Gasteiger partial charge in [-0.05, 0) is 35.2 Å². The van der Waals surface area contributed by atoms with Crippen LogP contribution < -0.4 is 9.47 Å². The van der Waals surface area contributed by atoms with Crippen LogP contribution in [0.4, 0.5) is 0 Å². The number of aromatic nitrogens is 4. The number of furan rings is 1. The molecule has 30 heavy (non-hydrogen) atoms. The maximum Gasteiger partial charge on any atom is 0.173 e. The Morgan fingerprint density at radius 1 is 1.07 bits per heavy atom. The van der Waals surface area contributed by atoms with E-state index in [1.165, 1.54) is 0 Å². The van der Waals surface area contributed by atoms with Gasteiger partial charge in [-0.15, -0.1) is 5.10 Å². The number of ether oxygens (including phenoxy) is 2. The van der Waals surface area contributed by atoms with Crippen molar-refractivity contribution in [1.82, 2.24) is 30.0 Å². The second-order valence-corrected chi connectivity index (χ2v) is 7.23. The first-order chi connectivity index (χ1) is 14.7. The predicted molar refractivity (Wildman–Crippen MR) is 111 cm³/mol. The van der Waals surface area contributed by atoms with E-state index in [4.69, 9.17) is 13.9 Å². The van der Waals surface area contributed by atoms with Crippen molar-refractivity contribution in [1.29, 1.82) is 0 Å². The summed E-state index contributed by atoms with van der Waals surface area (Å²) in [4.78, 5) is 4.86. The van der Waals surface area contributed by atoms with Gasteiger partial charge in [-0.2, -0.15) is 0 Å². The number of piperazine rings is 1. The van der Waals surface area contributed by atoms with Gasteiger partial charge in [0.05, 0.1) is 20.5 Å². The Bertz CT molecular complexity index is 934. The molecular formula is C21H28N6O3. The van der Waals surface area contributed by atoms with Gasteiger partial charge >= 0.3 is 0 Å². The van der Waals surface area contributed by atoms with Gasteiger partial charge in [0.15, 0.2) is 17.3 Å². The summed E-state index contributed by atoms with van der Waals surface area (Å²) in [5.41, 5.74) is 0.984. The molecule has 1 fully saturated rings. The quantitative estimate of drug-likeness (QED) is 0.556. The van der Waals surface area contributed by atoms with Crippen LogP contribution in [0.15, 0.2) is 41.0 Å². The van der Waals surface area contributed by atoms with Crippen molar-refractivity contribution >= 4 is 0 Å². The maximum atomic E-state index is 5.77. The minimum Gasteiger partial charge on any atom is -0.493 e. The second kappa shape index (κ2) is 9.27. The van der Waals surface area contributed by atoms with E-state index in [0.717, 1.165) is 49.9 Å². The summed E-state index contributed by atoms with van der Waals surface area (Å²) >= 11 is 0. The van der Waals surface area contributed by atoms with Gasteiger partial charge in [0, 0.05) is 31.7 Å². The van der Waals surface area contributed by atoms with Crippen molar-refractivity contribution in [2.75, 3.05) is 46.9 Å². The number of para-hydroxylation sites is 1. The molecule has 3 aromatic rings. The number of tetrazole rings is 1. The Labute approximate surface area is 176 Å². The Hall–Kier alpha value is -2.91. The van der Waals surface area contributed by atoms with Crippen molar-refractivity contribution in [3.63, 3.8) is 0 Å². The molecule has 1 aromatic carbocycles. The highest BCUT2D eigenvalue weighted by atomic mass is 16.5. The number of hydrogen-bond donors (Lipinski definition) is 0. The standard InChI is InChI=1S/C21H28N6O3/c1-4-25-10-12-26(13-11-25)19(17-8-5-9-18(28-2)20(17)29-3)21-22-23-24-27(21)15-16-7-6-14-30-16/h5-9,14,19H,4,10-13,15H2,1-3H3. The zero-order valence-electron chi connectivity index (χ0n) is 17.7. The Morgan fingerprint density at radius 3 is 2.57 bits per heavy atom. The molecule has 9 nitrogen and oxygen atoms in total. The lowest BCUT2D eigenvalue weighted by Gasteiger charge is -2.38. The Balaban J connectivity index is 1.75. The zero-order chi connectivity index (χ0) is 20.9. The molecular weight excluding hydrogens is 384 g/mol. The first-order valence-electron chi connectivity index (χ1n) is 10.2. The Morgan fingerprint density at radius 2 is 1.90 bits per heavy atom. The number of hydrogen-bond acceptors (Lipinski definition) is 8. The molecule has 0 radical (unpaired) electrons. The highest BCUT2D eigenvalue weighted by Gasteiger charge is 2.33. The third-order valence-corrected chi connectivity index (χ3v) is 5.64. The molecule has 1 atom stereocenters. The van der Waals surface area contributed by atoms with E-state index in [9.17, 15) is 0 Å². The van der Waals surface area contributed by atoms with Crippen molar-refractivity contribution in [3.05, 3.63) is 53.7 Å². The molecule has 2 aromatic heterocycles. The van der Waals surface area contributed by atoms with Gasteiger partial charge in [-0.3, -0.25) is 4.90 Å². The highest BCUT2D eigenvalue weighted by molar-refractivity contribution is 5.49. The molecule has 0 aliphatic carbocycles. The molecule has 4 rings (SSSR count). The van der Waals surface area contributed by atoms with Gasteiger partial charge in [0.2, 0.25) is 0 Å². The van der Waals surface area contributed by atoms with Crippen LogP contribution in [-0.2, 0) is 6.54 Å². The van der Waals surface area contributed by atoms with Crippen LogP contribution in [0, 0.1) is 0 Å². The number of benzene rings is 1. The average Bonchev–Trinajstić information content (AvgIpc) is 3.47. The first-order valence-corrected chi connectivity index (χ1v) is 10.2. The largest absolute Gasteiger partial charge is 0.493 e. The third-order valence-electron chi connectivity index (χ3n) is 5.64. The fraction of sp³-hybridized carbons (Fsp3) is 0.476. The van der Waals surface area contributed by atoms with E-state index in [1.54, 1.807) is 25.2 Å². The van der Waals surface area contributed by atoms with Crippen molar-refractivity contribution in [2.45, 2.75) is 19.5 Å². The summed E-state index contributed by atoms with van der Waals surface area (Å²) in [7, 11) is 3.32. The van der Waals surface area contributed by atoms with Gasteiger partial charge in [0.1, 0.15) is 18.3 Å². The van der Waals surface area contributed by atoms with E-state index >= 15 is 0 Å². The van der Waals surface area contributed by atoms with Crippen LogP contribution in [0.1, 0.15) is 30.1 Å². The highest BCUT2D eigenvalue weighted by Crippen LogP contribution is 2.39. The molecule has 0 bridgehead atoms. The number of methoxy groups -OCH3 is 2. The lowest BCUT2D eigenvalue weighted by molar-refractivity contribution is 0.107. The lowest BCUT2D eigenvalue weighted by Crippen LogP contribution is -2.48. The van der Waals surface area contributed by atoms with E-state index in [0.29, 0.717) is 18.0 Å². The summed E-state index contributed by atoms with van der Waals surface area (Å²) in [5, 5.41) is 12.7. The molecule has 3 heterocycles. The number of likely N-dealkylation sites (N-methyl/N-ethyl adjacent to an activating group) is 1. The van der Waals surface area contributed by atoms with E-state index in [2.05, 4.69) is 38.3 Å². The van der Waals surface area contributed by atoms with Crippen molar-refractivity contribution in [2.24, 2.45) is 0 Å². The summed E-state index contributed by atoms with van der Waals surface area (Å²) in [6.45, 7) is 7.53. The first kappa shape index (κ1) is 20.4. The summed E-state index contributed by atoms with van der Waals surface area (Å²) in [6, 6.07) is 9.56. The van der Waals surface area contributed by atoms with Gasteiger partial charge in [-0.1, -0.05) is 19.1 Å². The van der Waals surface area contributed by atoms with Gasteiger partial charge < -0.3 is 18.8 Å². The van der Waals surface area contributed by atoms with E-state index in [1.807, 2.05) is 24.3 Å². The molecule has 0 N–H and O–H groups in total. The molecule has 1 unspecified atom stereocenters. The fourth-order valence-corrected chi connectivity index (χ4v) is 4.03. The topological polar surface area (TPSA) is 81.7 Å². The minimum atomic E-state index is -0.168. The fourth-order valence-electron chi connectivity index (χ4n) is 4.03. The minimum absolute atomic E-state index is 0.168. The summed E-state index contributed by atoms with van der Waals surface area (Å²) < 4.78 is 18.6. The zero-order valence-corrected chi connectivity index (χ0v) is 17.7. The average molecular weight is 412 g/mol. The van der Waals surface area contributed by atoms with Crippen molar-refractivity contribution < 1.29 is 13.9 Å². The SMILES string of the molecule is CCN1CCN(C(c2cccc(OC)c2OC)c2nnnn2Cc2ccco2)CC1. The normalized spacial score (nSPS) is 16.5. The van der Waals surface area contributed by atoms with Crippen LogP contribution in [0.3, 0.4) is 0 Å². The molecule has 160 valence electrons. The van der Waals surface area contributed by atoms with Crippen LogP contribution >= 0.6 is 0 Å². The Kier molecular flexibility index (Phi) is 6.29. The molecule has 0 amide bonds. The van der Waals surface area contributed by atoms with Gasteiger partial charge in [-0.25, -0.2) is 4.68 Å². The molecule has 1 aliphatic heterocycles. The maximum absolute atomic E-state index is 5.77. The monoisotopic (exact) mass is 412 g/mol. The molecule has 0 spiro atoms. The molecule has 0 saturated carbocycles. The molecule has 1 saturated heterocycles. The summed E-state index contributed by atoms with van der Waals surface area (Å²) in [5.74, 6) is 2.95. The number of nitrogens with zero attached hydrogens (tertiary/aromatic N) is 6. The van der Waals surface area contributed by atoms with Gasteiger partial charge in [0.25, 0.3) is 0 Å². The van der Waals surface area contributed by atoms with E-state index < -0.39 is 0 Å². The predicted octanol–water partition coefficient (Wildman–Crippen LogP) is 2.06. The smallest absolute Gasteiger partial charge is 0.173 e. The van der Waals surface area contributed by atoms with Crippen LogP contribution in [0.25, 0.3) is 0 Å². The van der Waals surface area contributed by atoms with Crippen LogP contribution in [0.5, 0.6) is 11.5 Å². The number of rotatable bonds is 8. The van der Waals surface area contributed by atoms with Crippen LogP contribution in [0.2, 0.25) is 0 Å². The summed E-state index contributed by atoms with van der Waals surface area (Å²) in [6.07, 6.45) is 1.66. The van der Waals surface area contributed by atoms with Crippen LogP contribution in [-0.4, -0.2) is 77.0 Å². The third kappa shape index (κ3) is 4.03. The lowest BCUT2D eigenvalue weighted by atomic mass is 10.0. The molecule has 1 aliphatic rings. The molecule has 9 heteroatoms. The van der Waals surface area contributed by atoms with E-state index in [-0.39, 0.29) is 6.04 Å².